The molecule has 0 aliphatic heterocycles. The Morgan fingerprint density at radius 2 is 1.69 bits per heavy atom. The van der Waals surface area contributed by atoms with Crippen molar-refractivity contribution >= 4 is 46.2 Å². The fraction of sp³-hybridized carbons (Fsp3) is 0.208. The van der Waals surface area contributed by atoms with Gasteiger partial charge in [0, 0.05) is 23.4 Å². The number of para-hydroxylation sites is 1. The first kappa shape index (κ1) is 29.2. The quantitative estimate of drug-likeness (QED) is 0.147. The number of nitrogens with one attached hydrogen (secondary N) is 2. The molecule has 0 aliphatic carbocycles. The van der Waals surface area contributed by atoms with Crippen molar-refractivity contribution in [2.75, 3.05) is 36.9 Å². The summed E-state index contributed by atoms with van der Waals surface area (Å²) in [5, 5.41) is 29.8. The number of non-ortho nitro benzene ring substituents is 1. The molecule has 36 heavy (non-hydrogen) atoms. The van der Waals surface area contributed by atoms with E-state index in [9.17, 15) is 20.0 Å². The van der Waals surface area contributed by atoms with E-state index >= 15 is 0 Å². The normalized spacial score (nSPS) is 11.2. The van der Waals surface area contributed by atoms with E-state index in [4.69, 9.17) is 27.9 Å². The molecular weight excluding hydrogens is 531 g/mol. The van der Waals surface area contributed by atoms with Gasteiger partial charge in [0.1, 0.15) is 25.0 Å². The summed E-state index contributed by atoms with van der Waals surface area (Å²) in [6.07, 6.45) is -0.666. The van der Waals surface area contributed by atoms with Gasteiger partial charge in [0.25, 0.3) is 11.6 Å². The predicted octanol–water partition coefficient (Wildman–Crippen LogP) is 0.573. The van der Waals surface area contributed by atoms with Crippen LogP contribution >= 0.6 is 23.2 Å². The summed E-state index contributed by atoms with van der Waals surface area (Å²) in [5.41, 5.74) is 1.46. The molecule has 0 saturated carbocycles. The summed E-state index contributed by atoms with van der Waals surface area (Å²) in [5.74, 6) is 0.165. The van der Waals surface area contributed by atoms with Gasteiger partial charge in [-0.2, -0.15) is 0 Å². The Hall–Kier alpha value is -3.08. The molecule has 3 rings (SSSR count). The zero-order valence-corrected chi connectivity index (χ0v) is 21.3. The molecule has 1 unspecified atom stereocenters. The van der Waals surface area contributed by atoms with E-state index in [1.807, 2.05) is 5.32 Å². The number of hydrogen-bond acceptors (Lipinski definition) is 6. The molecule has 0 heterocycles. The van der Waals surface area contributed by atoms with E-state index in [0.29, 0.717) is 52.4 Å². The largest absolute Gasteiger partial charge is 1.00 e. The summed E-state index contributed by atoms with van der Waals surface area (Å²) in [4.78, 5) is 22.5. The van der Waals surface area contributed by atoms with Crippen LogP contribution < -0.4 is 33.1 Å². The van der Waals surface area contributed by atoms with Crippen molar-refractivity contribution in [1.29, 1.82) is 0 Å². The number of carbonyl (C=O) groups is 1. The molecule has 0 bridgehead atoms. The van der Waals surface area contributed by atoms with Crippen molar-refractivity contribution in [3.05, 3.63) is 92.5 Å². The van der Waals surface area contributed by atoms with Gasteiger partial charge in [0.15, 0.2) is 0 Å². The van der Waals surface area contributed by atoms with Gasteiger partial charge in [-0.15, -0.1) is 0 Å². The van der Waals surface area contributed by atoms with E-state index in [-0.39, 0.29) is 30.6 Å². The van der Waals surface area contributed by atoms with E-state index in [1.165, 1.54) is 24.3 Å². The Labute approximate surface area is 224 Å². The third-order valence-electron chi connectivity index (χ3n) is 4.95. The van der Waals surface area contributed by atoms with Crippen LogP contribution in [0.2, 0.25) is 10.0 Å². The molecule has 192 valence electrons. The van der Waals surface area contributed by atoms with Crippen LogP contribution in [0.15, 0.2) is 66.7 Å². The Kier molecular flexibility index (Phi) is 11.7. The molecule has 12 heteroatoms. The monoisotopic (exact) mass is 554 g/mol. The second-order valence-electron chi connectivity index (χ2n) is 7.58. The highest BCUT2D eigenvalue weighted by Gasteiger charge is 2.11. The lowest BCUT2D eigenvalue weighted by Crippen LogP contribution is -3.00. The third-order valence-corrected chi connectivity index (χ3v) is 5.58. The summed E-state index contributed by atoms with van der Waals surface area (Å²) >= 11 is 12.2. The number of nitrogens with two attached hydrogens (primary N) is 1. The van der Waals surface area contributed by atoms with Crippen LogP contribution in [0.4, 0.5) is 17.1 Å². The lowest BCUT2D eigenvalue weighted by Gasteiger charge is -2.13. The van der Waals surface area contributed by atoms with Crippen LogP contribution in [0.5, 0.6) is 5.75 Å². The second kappa shape index (κ2) is 14.5. The molecule has 3 aromatic carbocycles. The number of nitro benzene ring substituents is 1. The molecule has 0 aliphatic rings. The van der Waals surface area contributed by atoms with E-state index < -0.39 is 11.0 Å². The first-order valence-corrected chi connectivity index (χ1v) is 11.6. The van der Waals surface area contributed by atoms with Gasteiger partial charge in [-0.1, -0.05) is 29.3 Å². The summed E-state index contributed by atoms with van der Waals surface area (Å²) in [7, 11) is 0. The van der Waals surface area contributed by atoms with Crippen LogP contribution in [0.25, 0.3) is 0 Å². The van der Waals surface area contributed by atoms with Gasteiger partial charge in [-0.05, 0) is 48.5 Å². The highest BCUT2D eigenvalue weighted by Crippen LogP contribution is 2.29. The number of ether oxygens (including phenoxy) is 1. The molecule has 3 aromatic rings. The lowest BCUT2D eigenvalue weighted by molar-refractivity contribution is -0.658. The minimum absolute atomic E-state index is 0. The zero-order chi connectivity index (χ0) is 25.2. The van der Waals surface area contributed by atoms with Crippen molar-refractivity contribution < 1.29 is 37.3 Å². The number of anilines is 2. The highest BCUT2D eigenvalue weighted by atomic mass is 35.5. The number of halogens is 3. The van der Waals surface area contributed by atoms with Crippen molar-refractivity contribution in [3.8, 4) is 5.75 Å². The molecule has 0 saturated heterocycles. The molecule has 9 nitrogen and oxygen atoms in total. The SMILES string of the molecule is O=C(Nc1ccc(OCC(O)C[NH2+]CCNc2c(Cl)cccc2Cl)cc1)c1ccc([N+](=O)[O-])cc1.[Cl-]. The number of aliphatic hydroxyl groups is 1. The number of carbonyl (C=O) groups excluding carboxylic acids is 1. The second-order valence-corrected chi connectivity index (χ2v) is 8.40. The molecule has 1 atom stereocenters. The topological polar surface area (TPSA) is 130 Å². The molecule has 0 aromatic heterocycles. The lowest BCUT2D eigenvalue weighted by atomic mass is 10.2. The number of aliphatic hydroxyl groups excluding tert-OH is 1. The number of hydrogen-bond donors (Lipinski definition) is 4. The number of nitro groups is 1. The van der Waals surface area contributed by atoms with Crippen molar-refractivity contribution in [2.24, 2.45) is 0 Å². The number of amides is 1. The summed E-state index contributed by atoms with van der Waals surface area (Å²) in [6.45, 7) is 1.92. The average Bonchev–Trinajstić information content (AvgIpc) is 2.85. The smallest absolute Gasteiger partial charge is 0.269 e. The van der Waals surface area contributed by atoms with Gasteiger partial charge >= 0.3 is 0 Å². The molecule has 1 amide bonds. The van der Waals surface area contributed by atoms with Gasteiger partial charge in [0.2, 0.25) is 0 Å². The number of benzene rings is 3. The standard InChI is InChI=1S/C24H24Cl2N4O5.ClH/c25-21-2-1-3-22(26)23(21)28-13-12-27-14-19(31)15-35-20-10-6-17(7-11-20)29-24(32)16-4-8-18(9-5-16)30(33)34;/h1-11,19,27-28,31H,12-15H2,(H,29,32);1H. The molecule has 0 fully saturated rings. The Balaban J connectivity index is 0.00000456. The maximum absolute atomic E-state index is 12.3. The van der Waals surface area contributed by atoms with Crippen LogP contribution in [0.3, 0.4) is 0 Å². The van der Waals surface area contributed by atoms with E-state index in [0.717, 1.165) is 0 Å². The van der Waals surface area contributed by atoms with Gasteiger partial charge in [-0.3, -0.25) is 14.9 Å². The zero-order valence-electron chi connectivity index (χ0n) is 19.0. The number of nitrogens with zero attached hydrogens (tertiary/aromatic N) is 1. The first-order valence-electron chi connectivity index (χ1n) is 10.8. The van der Waals surface area contributed by atoms with Crippen molar-refractivity contribution in [1.82, 2.24) is 0 Å². The Bertz CT molecular complexity index is 1130. The van der Waals surface area contributed by atoms with E-state index in [2.05, 4.69) is 10.6 Å². The minimum Gasteiger partial charge on any atom is -1.00 e. The van der Waals surface area contributed by atoms with Gasteiger partial charge in [-0.25, -0.2) is 0 Å². The third kappa shape index (κ3) is 8.85. The summed E-state index contributed by atoms with van der Waals surface area (Å²) in [6, 6.07) is 17.4. The highest BCUT2D eigenvalue weighted by molar-refractivity contribution is 6.39. The maximum Gasteiger partial charge on any atom is 0.269 e. The number of quaternary nitrogens is 1. The predicted molar refractivity (Wildman–Crippen MR) is 136 cm³/mol. The Morgan fingerprint density at radius 3 is 2.31 bits per heavy atom. The average molecular weight is 556 g/mol. The fourth-order valence-corrected chi connectivity index (χ4v) is 3.64. The maximum atomic E-state index is 12.3. The molecular formula is C24H25Cl3N4O5. The first-order chi connectivity index (χ1) is 16.8. The van der Waals surface area contributed by atoms with Gasteiger partial charge < -0.3 is 38.2 Å². The summed E-state index contributed by atoms with van der Waals surface area (Å²) < 4.78 is 5.61. The fourth-order valence-electron chi connectivity index (χ4n) is 3.11. The molecule has 0 radical (unpaired) electrons. The molecule has 5 N–H and O–H groups in total. The van der Waals surface area contributed by atoms with Crippen LogP contribution in [0, 0.1) is 10.1 Å². The van der Waals surface area contributed by atoms with Crippen LogP contribution in [-0.2, 0) is 0 Å². The number of rotatable bonds is 12. The van der Waals surface area contributed by atoms with Crippen molar-refractivity contribution in [3.63, 3.8) is 0 Å². The van der Waals surface area contributed by atoms with Gasteiger partial charge in [0.05, 0.1) is 33.7 Å². The van der Waals surface area contributed by atoms with Crippen LogP contribution in [0.1, 0.15) is 10.4 Å². The Morgan fingerprint density at radius 1 is 1.06 bits per heavy atom. The molecule has 0 spiro atoms. The van der Waals surface area contributed by atoms with Crippen molar-refractivity contribution in [2.45, 2.75) is 6.10 Å². The van der Waals surface area contributed by atoms with Crippen LogP contribution in [-0.4, -0.2) is 48.3 Å². The van der Waals surface area contributed by atoms with E-state index in [1.54, 1.807) is 42.5 Å². The minimum atomic E-state index is -0.666.